The highest BCUT2D eigenvalue weighted by Gasteiger charge is 2.12. The van der Waals surface area contributed by atoms with Crippen molar-refractivity contribution in [3.63, 3.8) is 0 Å². The van der Waals surface area contributed by atoms with E-state index in [1.807, 2.05) is 6.92 Å². The van der Waals surface area contributed by atoms with Crippen LogP contribution in [-0.2, 0) is 0 Å². The van der Waals surface area contributed by atoms with Crippen LogP contribution in [0.3, 0.4) is 0 Å². The smallest absolute Gasteiger partial charge is 0.170 e. The van der Waals surface area contributed by atoms with Crippen LogP contribution in [0.4, 0.5) is 0 Å². The third kappa shape index (κ3) is 1.68. The van der Waals surface area contributed by atoms with Crippen molar-refractivity contribution in [2.45, 2.75) is 13.2 Å². The molecule has 1 aromatic rings. The first-order valence-electron chi connectivity index (χ1n) is 4.11. The second-order valence-electron chi connectivity index (χ2n) is 2.83. The third-order valence-corrected chi connectivity index (χ3v) is 2.02. The highest BCUT2D eigenvalue weighted by atomic mass is 15.3. The summed E-state index contributed by atoms with van der Waals surface area (Å²) in [5, 5.41) is 6.26. The van der Waals surface area contributed by atoms with Crippen LogP contribution in [-0.4, -0.2) is 22.4 Å². The van der Waals surface area contributed by atoms with Gasteiger partial charge >= 0.3 is 0 Å². The Balaban J connectivity index is 3.08. The maximum Gasteiger partial charge on any atom is 0.170 e. The van der Waals surface area contributed by atoms with Gasteiger partial charge in [-0.2, -0.15) is 5.10 Å². The molecule has 7 N–H and O–H groups in total. The van der Waals surface area contributed by atoms with Gasteiger partial charge in [0.15, 0.2) is 5.84 Å². The monoisotopic (exact) mass is 197 g/mol. The minimum Gasteiger partial charge on any atom is -0.380 e. The lowest BCUT2D eigenvalue weighted by atomic mass is 10.3. The van der Waals surface area contributed by atoms with Gasteiger partial charge in [-0.15, -0.1) is 0 Å². The summed E-state index contributed by atoms with van der Waals surface area (Å²) in [6.45, 7) is 1.84. The third-order valence-electron chi connectivity index (χ3n) is 2.02. The van der Waals surface area contributed by atoms with Crippen molar-refractivity contribution in [3.05, 3.63) is 17.7 Å². The Hall–Kier alpha value is -1.60. The van der Waals surface area contributed by atoms with E-state index in [0.29, 0.717) is 5.69 Å². The molecule has 0 aliphatic rings. The zero-order valence-corrected chi connectivity index (χ0v) is 8.23. The molecule has 7 heteroatoms. The van der Waals surface area contributed by atoms with Crippen LogP contribution in [0.25, 0.3) is 0 Å². The molecule has 0 bridgehead atoms. The fourth-order valence-electron chi connectivity index (χ4n) is 1.15. The molecule has 0 saturated heterocycles. The van der Waals surface area contributed by atoms with E-state index >= 15 is 0 Å². The molecule has 14 heavy (non-hydrogen) atoms. The molecule has 0 radical (unpaired) electrons. The number of aromatic nitrogens is 2. The normalized spacial score (nSPS) is 14.4. The molecule has 1 atom stereocenters. The van der Waals surface area contributed by atoms with Crippen molar-refractivity contribution < 1.29 is 0 Å². The lowest BCUT2D eigenvalue weighted by molar-refractivity contribution is 0.445. The number of nitrogens with zero attached hydrogens (tertiary/aromatic N) is 3. The Morgan fingerprint density at radius 2 is 2.36 bits per heavy atom. The fraction of sp³-hybridized carbons (Fsp3) is 0.429. The summed E-state index contributed by atoms with van der Waals surface area (Å²) in [6.07, 6.45) is 1.26. The largest absolute Gasteiger partial charge is 0.380 e. The van der Waals surface area contributed by atoms with Crippen molar-refractivity contribution in [2.24, 2.45) is 22.4 Å². The van der Waals surface area contributed by atoms with Crippen LogP contribution in [0.15, 0.2) is 11.4 Å². The quantitative estimate of drug-likeness (QED) is 0.153. The number of hydrogen-bond acceptors (Lipinski definition) is 5. The molecule has 0 spiro atoms. The minimum atomic E-state index is -0.332. The Morgan fingerprint density at radius 3 is 2.86 bits per heavy atom. The average Bonchev–Trinajstić information content (AvgIpc) is 2.58. The Kier molecular flexibility index (Phi) is 3.05. The van der Waals surface area contributed by atoms with Crippen LogP contribution in [0, 0.1) is 6.92 Å². The summed E-state index contributed by atoms with van der Waals surface area (Å²) >= 11 is 0. The molecule has 1 unspecified atom stereocenters. The Morgan fingerprint density at radius 1 is 1.71 bits per heavy atom. The molecule has 0 aliphatic heterocycles. The molecule has 0 amide bonds. The molecular formula is C7H15N7. The van der Waals surface area contributed by atoms with Gasteiger partial charge in [0.2, 0.25) is 0 Å². The first-order chi connectivity index (χ1) is 6.61. The van der Waals surface area contributed by atoms with Crippen LogP contribution in [0.1, 0.15) is 17.7 Å². The molecular weight excluding hydrogens is 182 g/mol. The zero-order valence-electron chi connectivity index (χ0n) is 8.23. The second kappa shape index (κ2) is 4.07. The molecule has 1 rings (SSSR count). The SMILES string of the molecule is CNC(N)n1cnc(/C(N)=N\N)c1C. The molecule has 78 valence electrons. The minimum absolute atomic E-state index is 0.199. The van der Waals surface area contributed by atoms with Gasteiger partial charge in [0, 0.05) is 5.69 Å². The van der Waals surface area contributed by atoms with Gasteiger partial charge in [0.25, 0.3) is 0 Å². The summed E-state index contributed by atoms with van der Waals surface area (Å²) in [4.78, 5) is 4.06. The standard InChI is InChI=1S/C7H15N7/c1-4-5(6(8)13-10)12-3-14(4)7(9)11-2/h3,7,11H,9-10H2,1-2H3,(H2,8,13). The topological polar surface area (TPSA) is 120 Å². The first-order valence-corrected chi connectivity index (χ1v) is 4.11. The predicted octanol–water partition coefficient (Wildman–Crippen LogP) is -1.60. The van der Waals surface area contributed by atoms with Crippen LogP contribution >= 0.6 is 0 Å². The van der Waals surface area contributed by atoms with Gasteiger partial charge in [-0.05, 0) is 14.0 Å². The summed E-state index contributed by atoms with van der Waals surface area (Å²) in [5.74, 6) is 5.26. The molecule has 0 aromatic carbocycles. The Labute approximate surface area is 82.0 Å². The molecule has 0 aliphatic carbocycles. The van der Waals surface area contributed by atoms with E-state index in [0.717, 1.165) is 5.69 Å². The van der Waals surface area contributed by atoms with E-state index in [2.05, 4.69) is 15.4 Å². The van der Waals surface area contributed by atoms with Gasteiger partial charge in [-0.1, -0.05) is 0 Å². The maximum absolute atomic E-state index is 5.75. The lowest BCUT2D eigenvalue weighted by Gasteiger charge is -2.13. The number of nitrogens with one attached hydrogen (secondary N) is 1. The van der Waals surface area contributed by atoms with Crippen molar-refractivity contribution in [1.82, 2.24) is 14.9 Å². The van der Waals surface area contributed by atoms with Crippen molar-refractivity contribution in [2.75, 3.05) is 7.05 Å². The molecule has 0 saturated carbocycles. The first kappa shape index (κ1) is 10.5. The van der Waals surface area contributed by atoms with E-state index in [1.165, 1.54) is 0 Å². The molecule has 1 aromatic heterocycles. The number of hydrazone groups is 1. The summed E-state index contributed by atoms with van der Waals surface area (Å²) < 4.78 is 1.74. The predicted molar refractivity (Wildman–Crippen MR) is 54.2 cm³/mol. The van der Waals surface area contributed by atoms with Gasteiger partial charge in [0.05, 0.1) is 6.33 Å². The highest BCUT2D eigenvalue weighted by Crippen LogP contribution is 2.07. The molecule has 7 nitrogen and oxygen atoms in total. The van der Waals surface area contributed by atoms with E-state index < -0.39 is 0 Å². The van der Waals surface area contributed by atoms with Crippen LogP contribution in [0.5, 0.6) is 0 Å². The van der Waals surface area contributed by atoms with Crippen molar-refractivity contribution in [3.8, 4) is 0 Å². The van der Waals surface area contributed by atoms with Crippen LogP contribution < -0.4 is 22.6 Å². The Bertz CT molecular complexity index is 340. The second-order valence-corrected chi connectivity index (χ2v) is 2.83. The number of hydrogen-bond donors (Lipinski definition) is 4. The van der Waals surface area contributed by atoms with E-state index in [9.17, 15) is 0 Å². The number of nitrogens with two attached hydrogens (primary N) is 3. The summed E-state index contributed by atoms with van der Waals surface area (Å²) in [7, 11) is 1.75. The number of amidine groups is 1. The number of imidazole rings is 1. The van der Waals surface area contributed by atoms with Gasteiger partial charge in [-0.3, -0.25) is 11.1 Å². The number of rotatable bonds is 3. The highest BCUT2D eigenvalue weighted by molar-refractivity contribution is 5.96. The van der Waals surface area contributed by atoms with E-state index in [4.69, 9.17) is 17.3 Å². The molecule has 0 fully saturated rings. The lowest BCUT2D eigenvalue weighted by Crippen LogP contribution is -2.31. The average molecular weight is 197 g/mol. The van der Waals surface area contributed by atoms with Gasteiger partial charge in [0.1, 0.15) is 12.0 Å². The maximum atomic E-state index is 5.75. The van der Waals surface area contributed by atoms with E-state index in [1.54, 1.807) is 17.9 Å². The van der Waals surface area contributed by atoms with Crippen molar-refractivity contribution in [1.29, 1.82) is 0 Å². The van der Waals surface area contributed by atoms with Crippen molar-refractivity contribution >= 4 is 5.84 Å². The fourth-order valence-corrected chi connectivity index (χ4v) is 1.15. The zero-order chi connectivity index (χ0) is 10.7. The van der Waals surface area contributed by atoms with Crippen LogP contribution in [0.2, 0.25) is 0 Å². The van der Waals surface area contributed by atoms with E-state index in [-0.39, 0.29) is 12.1 Å². The summed E-state index contributed by atoms with van der Waals surface area (Å²) in [5.41, 5.74) is 12.7. The van der Waals surface area contributed by atoms with Gasteiger partial charge in [-0.25, -0.2) is 4.98 Å². The van der Waals surface area contributed by atoms with Gasteiger partial charge < -0.3 is 16.1 Å². The summed E-state index contributed by atoms with van der Waals surface area (Å²) in [6, 6.07) is 0. The molecule has 1 heterocycles.